The van der Waals surface area contributed by atoms with Gasteiger partial charge in [-0.2, -0.15) is 0 Å². The van der Waals surface area contributed by atoms with Crippen molar-refractivity contribution in [2.75, 3.05) is 20.3 Å². The van der Waals surface area contributed by atoms with Crippen LogP contribution in [0.25, 0.3) is 0 Å². The molecule has 1 rings (SSSR count). The summed E-state index contributed by atoms with van der Waals surface area (Å²) in [6.07, 6.45) is 3.70. The molecule has 5 nitrogen and oxygen atoms in total. The molecule has 1 aliphatic heterocycles. The molecule has 2 N–H and O–H groups in total. The van der Waals surface area contributed by atoms with E-state index >= 15 is 0 Å². The predicted molar refractivity (Wildman–Crippen MR) is 63.9 cm³/mol. The van der Waals surface area contributed by atoms with E-state index in [4.69, 9.17) is 10.5 Å². The Labute approximate surface area is 102 Å². The molecule has 1 saturated heterocycles. The number of hydrogen-bond donors (Lipinski definition) is 1. The van der Waals surface area contributed by atoms with Crippen molar-refractivity contribution in [2.24, 2.45) is 11.7 Å². The summed E-state index contributed by atoms with van der Waals surface area (Å²) < 4.78 is 5.25. The Kier molecular flexibility index (Phi) is 5.41. The van der Waals surface area contributed by atoms with Crippen molar-refractivity contribution in [2.45, 2.75) is 32.2 Å². The van der Waals surface area contributed by atoms with Crippen molar-refractivity contribution in [3.63, 3.8) is 0 Å². The lowest BCUT2D eigenvalue weighted by atomic mass is 10.0. The lowest BCUT2D eigenvalue weighted by molar-refractivity contribution is -0.130. The fraction of sp³-hybridized carbons (Fsp3) is 0.750. The van der Waals surface area contributed by atoms with Gasteiger partial charge in [0, 0.05) is 32.2 Å². The van der Waals surface area contributed by atoms with E-state index in [0.29, 0.717) is 19.6 Å². The van der Waals surface area contributed by atoms with Crippen LogP contribution in [0, 0.1) is 12.3 Å². The summed E-state index contributed by atoms with van der Waals surface area (Å²) in [6.45, 7) is 3.14. The van der Waals surface area contributed by atoms with Crippen molar-refractivity contribution >= 4 is 11.8 Å². The Morgan fingerprint density at radius 2 is 2.06 bits per heavy atom. The molecule has 0 aromatic rings. The van der Waals surface area contributed by atoms with Gasteiger partial charge in [0.05, 0.1) is 6.42 Å². The number of carbonyl (C=O) groups excluding carboxylic acids is 2. The van der Waals surface area contributed by atoms with Gasteiger partial charge in [-0.15, -0.1) is 0 Å². The summed E-state index contributed by atoms with van der Waals surface area (Å²) >= 11 is 0. The lowest BCUT2D eigenvalue weighted by Gasteiger charge is -2.31. The first-order valence-corrected chi connectivity index (χ1v) is 5.99. The molecule has 97 valence electrons. The molecule has 1 radical (unpaired) electrons. The lowest BCUT2D eigenvalue weighted by Crippen LogP contribution is -2.41. The Morgan fingerprint density at radius 1 is 1.47 bits per heavy atom. The van der Waals surface area contributed by atoms with Gasteiger partial charge < -0.3 is 15.4 Å². The number of nitrogens with zero attached hydrogens (tertiary/aromatic N) is 1. The third-order valence-electron chi connectivity index (χ3n) is 3.22. The number of hydrogen-bond acceptors (Lipinski definition) is 3. The highest BCUT2D eigenvalue weighted by molar-refractivity contribution is 5.86. The maximum absolute atomic E-state index is 11.8. The van der Waals surface area contributed by atoms with E-state index in [0.717, 1.165) is 12.8 Å². The molecule has 1 atom stereocenters. The fourth-order valence-corrected chi connectivity index (χ4v) is 1.79. The van der Waals surface area contributed by atoms with Crippen LogP contribution < -0.4 is 5.73 Å². The van der Waals surface area contributed by atoms with E-state index in [1.165, 1.54) is 0 Å². The Hall–Kier alpha value is -1.10. The van der Waals surface area contributed by atoms with Crippen LogP contribution in [0.2, 0.25) is 0 Å². The third-order valence-corrected chi connectivity index (χ3v) is 3.22. The van der Waals surface area contributed by atoms with Crippen LogP contribution in [-0.2, 0) is 14.3 Å². The molecule has 2 amide bonds. The van der Waals surface area contributed by atoms with E-state index in [1.807, 2.05) is 0 Å². The van der Waals surface area contributed by atoms with Crippen molar-refractivity contribution in [3.05, 3.63) is 6.42 Å². The van der Waals surface area contributed by atoms with Gasteiger partial charge in [0.1, 0.15) is 0 Å². The third kappa shape index (κ3) is 4.34. The monoisotopic (exact) mass is 241 g/mol. The van der Waals surface area contributed by atoms with Crippen molar-refractivity contribution in [3.8, 4) is 0 Å². The van der Waals surface area contributed by atoms with Crippen LogP contribution in [0.1, 0.15) is 26.2 Å². The molecule has 0 spiro atoms. The van der Waals surface area contributed by atoms with Gasteiger partial charge in [0.15, 0.2) is 0 Å². The van der Waals surface area contributed by atoms with Crippen molar-refractivity contribution in [1.29, 1.82) is 0 Å². The van der Waals surface area contributed by atoms with Crippen LogP contribution in [0.15, 0.2) is 0 Å². The largest absolute Gasteiger partial charge is 0.381 e. The molecule has 1 heterocycles. The molecule has 0 bridgehead atoms. The minimum Gasteiger partial charge on any atom is -0.381 e. The van der Waals surface area contributed by atoms with Gasteiger partial charge in [-0.3, -0.25) is 9.59 Å². The van der Waals surface area contributed by atoms with Crippen LogP contribution in [-0.4, -0.2) is 43.0 Å². The summed E-state index contributed by atoms with van der Waals surface area (Å²) in [5, 5.41) is 0. The highest BCUT2D eigenvalue weighted by Gasteiger charge is 2.23. The second-order valence-electron chi connectivity index (χ2n) is 4.54. The number of ether oxygens (including phenoxy) is 1. The number of primary amides is 1. The van der Waals surface area contributed by atoms with Crippen molar-refractivity contribution in [1.82, 2.24) is 4.90 Å². The average molecular weight is 241 g/mol. The topological polar surface area (TPSA) is 72.6 Å². The molecular formula is C12H21N2O3. The van der Waals surface area contributed by atoms with E-state index in [2.05, 4.69) is 0 Å². The molecule has 0 saturated carbocycles. The molecule has 0 aromatic carbocycles. The molecular weight excluding hydrogens is 220 g/mol. The van der Waals surface area contributed by atoms with Crippen LogP contribution in [0.3, 0.4) is 0 Å². The van der Waals surface area contributed by atoms with E-state index in [-0.39, 0.29) is 23.8 Å². The maximum atomic E-state index is 11.8. The van der Waals surface area contributed by atoms with Gasteiger partial charge in [-0.05, 0) is 19.3 Å². The quantitative estimate of drug-likeness (QED) is 0.754. The minimum atomic E-state index is -0.372. The van der Waals surface area contributed by atoms with Gasteiger partial charge in [-0.25, -0.2) is 0 Å². The van der Waals surface area contributed by atoms with Crippen LogP contribution in [0.5, 0.6) is 0 Å². The molecule has 1 fully saturated rings. The Morgan fingerprint density at radius 3 is 2.59 bits per heavy atom. The molecule has 1 aliphatic rings. The predicted octanol–water partition coefficient (Wildman–Crippen LogP) is 0.340. The number of amides is 2. The zero-order chi connectivity index (χ0) is 12.8. The first-order chi connectivity index (χ1) is 8.02. The molecule has 0 aliphatic carbocycles. The Bertz CT molecular complexity index is 275. The zero-order valence-electron chi connectivity index (χ0n) is 10.5. The first kappa shape index (κ1) is 14.0. The molecule has 17 heavy (non-hydrogen) atoms. The highest BCUT2D eigenvalue weighted by Crippen LogP contribution is 2.15. The molecule has 0 aromatic heterocycles. The fourth-order valence-electron chi connectivity index (χ4n) is 1.79. The summed E-state index contributed by atoms with van der Waals surface area (Å²) in [4.78, 5) is 24.4. The summed E-state index contributed by atoms with van der Waals surface area (Å²) in [5.41, 5.74) is 5.14. The van der Waals surface area contributed by atoms with E-state index in [1.54, 1.807) is 25.3 Å². The molecule has 0 unspecified atom stereocenters. The standard InChI is InChI=1S/C12H21N2O3/c1-9(12(13)16)3-4-11(15)14(2)10-5-7-17-8-6-10/h4,9-10H,3,5-8H2,1-2H3,(H2,13,16)/t9-/m0/s1. The zero-order valence-corrected chi connectivity index (χ0v) is 10.5. The van der Waals surface area contributed by atoms with Crippen LogP contribution >= 0.6 is 0 Å². The number of rotatable bonds is 5. The summed E-state index contributed by atoms with van der Waals surface area (Å²) in [6, 6.07) is 0.247. The average Bonchev–Trinajstić information content (AvgIpc) is 2.35. The van der Waals surface area contributed by atoms with Gasteiger partial charge in [-0.1, -0.05) is 6.92 Å². The smallest absolute Gasteiger partial charge is 0.226 e. The summed E-state index contributed by atoms with van der Waals surface area (Å²) in [7, 11) is 1.80. The van der Waals surface area contributed by atoms with Gasteiger partial charge in [0.25, 0.3) is 0 Å². The summed E-state index contributed by atoms with van der Waals surface area (Å²) in [5.74, 6) is -0.699. The first-order valence-electron chi connectivity index (χ1n) is 5.99. The number of nitrogens with two attached hydrogens (primary N) is 1. The maximum Gasteiger partial charge on any atom is 0.226 e. The van der Waals surface area contributed by atoms with Crippen LogP contribution in [0.4, 0.5) is 0 Å². The SMILES string of the molecule is C[C@@H](C[CH]C(=O)N(C)C1CCOCC1)C(N)=O. The van der Waals surface area contributed by atoms with Gasteiger partial charge >= 0.3 is 0 Å². The van der Waals surface area contributed by atoms with E-state index in [9.17, 15) is 9.59 Å². The highest BCUT2D eigenvalue weighted by atomic mass is 16.5. The Balaban J connectivity index is 2.33. The minimum absolute atomic E-state index is 0.0370. The van der Waals surface area contributed by atoms with Crippen molar-refractivity contribution < 1.29 is 14.3 Å². The van der Waals surface area contributed by atoms with E-state index < -0.39 is 0 Å². The second kappa shape index (κ2) is 6.59. The normalized spacial score (nSPS) is 18.7. The molecule has 5 heteroatoms. The second-order valence-corrected chi connectivity index (χ2v) is 4.54. The number of carbonyl (C=O) groups is 2. The van der Waals surface area contributed by atoms with Gasteiger partial charge in [0.2, 0.25) is 11.8 Å².